The van der Waals surface area contributed by atoms with Gasteiger partial charge in [0.05, 0.1) is 17.1 Å². The highest BCUT2D eigenvalue weighted by Gasteiger charge is 2.10. The Morgan fingerprint density at radius 1 is 0.829 bits per heavy atom. The zero-order chi connectivity index (χ0) is 25.0. The summed E-state index contributed by atoms with van der Waals surface area (Å²) in [6.07, 6.45) is 7.54. The van der Waals surface area contributed by atoms with Crippen molar-refractivity contribution >= 4 is 23.5 Å². The van der Waals surface area contributed by atoms with Gasteiger partial charge in [0.25, 0.3) is 5.69 Å². The largest absolute Gasteiger partial charge is 0.494 e. The van der Waals surface area contributed by atoms with Crippen molar-refractivity contribution < 1.29 is 24.0 Å². The molecule has 0 atom stereocenters. The molecule has 0 spiro atoms. The molecule has 3 rings (SSSR count). The van der Waals surface area contributed by atoms with E-state index in [0.29, 0.717) is 23.5 Å². The first-order chi connectivity index (χ1) is 17.0. The van der Waals surface area contributed by atoms with Gasteiger partial charge in [-0.3, -0.25) is 14.9 Å². The van der Waals surface area contributed by atoms with E-state index < -0.39 is 10.9 Å². The lowest BCUT2D eigenvalue weighted by atomic mass is 10.1. The van der Waals surface area contributed by atoms with Crippen molar-refractivity contribution in [3.8, 4) is 11.5 Å². The third-order valence-electron chi connectivity index (χ3n) is 5.24. The fourth-order valence-electron chi connectivity index (χ4n) is 3.23. The quantitative estimate of drug-likeness (QED) is 0.0554. The molecule has 7 nitrogen and oxygen atoms in total. The zero-order valence-corrected chi connectivity index (χ0v) is 19.5. The van der Waals surface area contributed by atoms with Crippen LogP contribution in [0.5, 0.6) is 11.5 Å². The van der Waals surface area contributed by atoms with Gasteiger partial charge in [-0.1, -0.05) is 44.4 Å². The number of carbonyl (C=O) groups is 2. The number of hydrogen-bond acceptors (Lipinski definition) is 6. The van der Waals surface area contributed by atoms with Crippen LogP contribution in [0, 0.1) is 10.1 Å². The molecule has 0 unspecified atom stereocenters. The van der Waals surface area contributed by atoms with Crippen molar-refractivity contribution in [2.24, 2.45) is 0 Å². The van der Waals surface area contributed by atoms with Gasteiger partial charge >= 0.3 is 5.97 Å². The summed E-state index contributed by atoms with van der Waals surface area (Å²) in [5.41, 5.74) is 1.43. The number of benzene rings is 3. The first kappa shape index (κ1) is 25.4. The van der Waals surface area contributed by atoms with Crippen LogP contribution in [0.3, 0.4) is 0 Å². The lowest BCUT2D eigenvalue weighted by Crippen LogP contribution is -2.08. The van der Waals surface area contributed by atoms with Gasteiger partial charge in [0.15, 0.2) is 5.78 Å². The molecule has 3 aromatic rings. The topological polar surface area (TPSA) is 95.7 Å². The van der Waals surface area contributed by atoms with E-state index in [4.69, 9.17) is 9.47 Å². The van der Waals surface area contributed by atoms with Crippen LogP contribution in [-0.4, -0.2) is 23.3 Å². The standard InChI is InChI=1S/C28H27NO6/c1-2-3-4-5-20-34-25-17-11-23(12-18-25)28(31)35-26-15-6-21(7-16-26)8-19-27(30)22-9-13-24(14-10-22)29(32)33/h6-19H,2-5,20H2,1H3/b19-8+. The van der Waals surface area contributed by atoms with Gasteiger partial charge in [0.2, 0.25) is 0 Å². The Kier molecular flexibility index (Phi) is 9.31. The number of ether oxygens (including phenoxy) is 2. The molecule has 0 aliphatic carbocycles. The van der Waals surface area contributed by atoms with E-state index in [1.54, 1.807) is 54.6 Å². The molecule has 35 heavy (non-hydrogen) atoms. The van der Waals surface area contributed by atoms with Crippen LogP contribution in [0.15, 0.2) is 78.9 Å². The normalized spacial score (nSPS) is 10.8. The fourth-order valence-corrected chi connectivity index (χ4v) is 3.23. The first-order valence-electron chi connectivity index (χ1n) is 11.5. The van der Waals surface area contributed by atoms with Gasteiger partial charge in [-0.15, -0.1) is 0 Å². The summed E-state index contributed by atoms with van der Waals surface area (Å²) in [5.74, 6) is 0.350. The Hall–Kier alpha value is -4.26. The molecule has 0 aliphatic heterocycles. The van der Waals surface area contributed by atoms with Crippen LogP contribution in [0.2, 0.25) is 0 Å². The summed E-state index contributed by atoms with van der Waals surface area (Å²) in [4.78, 5) is 34.9. The van der Waals surface area contributed by atoms with Crippen LogP contribution in [-0.2, 0) is 0 Å². The monoisotopic (exact) mass is 473 g/mol. The van der Waals surface area contributed by atoms with E-state index in [1.165, 1.54) is 43.2 Å². The molecular weight excluding hydrogens is 446 g/mol. The van der Waals surface area contributed by atoms with Gasteiger partial charge in [0.1, 0.15) is 11.5 Å². The van der Waals surface area contributed by atoms with Crippen LogP contribution < -0.4 is 9.47 Å². The summed E-state index contributed by atoms with van der Waals surface area (Å²) < 4.78 is 11.1. The van der Waals surface area contributed by atoms with Gasteiger partial charge in [-0.25, -0.2) is 4.79 Å². The van der Waals surface area contributed by atoms with E-state index >= 15 is 0 Å². The Morgan fingerprint density at radius 2 is 1.46 bits per heavy atom. The smallest absolute Gasteiger partial charge is 0.343 e. The van der Waals surface area contributed by atoms with Crippen molar-refractivity contribution in [1.29, 1.82) is 0 Å². The Labute approximate surface area is 204 Å². The van der Waals surface area contributed by atoms with Crippen LogP contribution in [0.1, 0.15) is 58.9 Å². The van der Waals surface area contributed by atoms with Crippen molar-refractivity contribution in [1.82, 2.24) is 0 Å². The molecule has 0 amide bonds. The molecule has 0 fully saturated rings. The number of nitro benzene ring substituents is 1. The van der Waals surface area contributed by atoms with Crippen LogP contribution in [0.25, 0.3) is 6.08 Å². The Bertz CT molecular complexity index is 1170. The zero-order valence-electron chi connectivity index (χ0n) is 19.5. The molecule has 0 aliphatic rings. The van der Waals surface area contributed by atoms with E-state index in [-0.39, 0.29) is 11.5 Å². The molecule has 3 aromatic carbocycles. The number of nitro groups is 1. The van der Waals surface area contributed by atoms with Crippen molar-refractivity contribution in [2.45, 2.75) is 32.6 Å². The second-order valence-electron chi connectivity index (χ2n) is 7.89. The molecule has 180 valence electrons. The number of hydrogen-bond donors (Lipinski definition) is 0. The lowest BCUT2D eigenvalue weighted by Gasteiger charge is -2.08. The maximum atomic E-state index is 12.4. The second-order valence-corrected chi connectivity index (χ2v) is 7.89. The summed E-state index contributed by atoms with van der Waals surface area (Å²) in [5, 5.41) is 10.7. The summed E-state index contributed by atoms with van der Waals surface area (Å²) in [6.45, 7) is 2.82. The molecule has 0 heterocycles. The summed E-state index contributed by atoms with van der Waals surface area (Å²) in [7, 11) is 0. The Morgan fingerprint density at radius 3 is 2.09 bits per heavy atom. The molecule has 0 radical (unpaired) electrons. The maximum Gasteiger partial charge on any atom is 0.343 e. The van der Waals surface area contributed by atoms with Crippen LogP contribution >= 0.6 is 0 Å². The molecule has 0 N–H and O–H groups in total. The van der Waals surface area contributed by atoms with Gasteiger partial charge < -0.3 is 9.47 Å². The van der Waals surface area contributed by atoms with Gasteiger partial charge in [-0.2, -0.15) is 0 Å². The molecular formula is C28H27NO6. The number of nitrogens with zero attached hydrogens (tertiary/aromatic N) is 1. The number of rotatable bonds is 12. The molecule has 0 bridgehead atoms. The molecule has 0 saturated heterocycles. The fraction of sp³-hybridized carbons (Fsp3) is 0.214. The second kappa shape index (κ2) is 12.8. The van der Waals surface area contributed by atoms with E-state index in [2.05, 4.69) is 6.92 Å². The van der Waals surface area contributed by atoms with Crippen LogP contribution in [0.4, 0.5) is 5.69 Å². The third kappa shape index (κ3) is 7.92. The maximum absolute atomic E-state index is 12.4. The minimum atomic E-state index is -0.515. The average Bonchev–Trinajstić information content (AvgIpc) is 2.88. The third-order valence-corrected chi connectivity index (χ3v) is 5.24. The minimum Gasteiger partial charge on any atom is -0.494 e. The number of esters is 1. The summed E-state index contributed by atoms with van der Waals surface area (Å²) >= 11 is 0. The summed E-state index contributed by atoms with van der Waals surface area (Å²) in [6, 6.07) is 19.0. The average molecular weight is 474 g/mol. The van der Waals surface area contributed by atoms with Crippen molar-refractivity contribution in [2.75, 3.05) is 6.61 Å². The van der Waals surface area contributed by atoms with E-state index in [1.807, 2.05) is 0 Å². The molecule has 0 saturated carbocycles. The predicted molar refractivity (Wildman–Crippen MR) is 134 cm³/mol. The SMILES string of the molecule is CCCCCCOc1ccc(C(=O)Oc2ccc(/C=C/C(=O)c3ccc([N+](=O)[O-])cc3)cc2)cc1. The van der Waals surface area contributed by atoms with Gasteiger partial charge in [-0.05, 0) is 66.6 Å². The highest BCUT2D eigenvalue weighted by Crippen LogP contribution is 2.18. The number of unbranched alkanes of at least 4 members (excludes halogenated alkanes) is 3. The van der Waals surface area contributed by atoms with Gasteiger partial charge in [0, 0.05) is 17.7 Å². The molecule has 0 aromatic heterocycles. The number of allylic oxidation sites excluding steroid dienone is 1. The number of carbonyl (C=O) groups excluding carboxylic acids is 2. The number of ketones is 1. The molecule has 7 heteroatoms. The number of non-ortho nitro benzene ring substituents is 1. The van der Waals surface area contributed by atoms with E-state index in [0.717, 1.165) is 24.2 Å². The Balaban J connectivity index is 1.50. The highest BCUT2D eigenvalue weighted by molar-refractivity contribution is 6.06. The predicted octanol–water partition coefficient (Wildman–Crippen LogP) is 6.67. The van der Waals surface area contributed by atoms with Crippen molar-refractivity contribution in [3.05, 3.63) is 106 Å². The van der Waals surface area contributed by atoms with E-state index in [9.17, 15) is 19.7 Å². The van der Waals surface area contributed by atoms with Crippen molar-refractivity contribution in [3.63, 3.8) is 0 Å². The minimum absolute atomic E-state index is 0.0715. The highest BCUT2D eigenvalue weighted by atomic mass is 16.6. The lowest BCUT2D eigenvalue weighted by molar-refractivity contribution is -0.384. The first-order valence-corrected chi connectivity index (χ1v) is 11.5.